The van der Waals surface area contributed by atoms with Crippen LogP contribution >= 0.6 is 0 Å². The Kier molecular flexibility index (Phi) is 6.62. The van der Waals surface area contributed by atoms with Crippen LogP contribution in [0.25, 0.3) is 11.3 Å². The highest BCUT2D eigenvalue weighted by atomic mass is 16.5. The van der Waals surface area contributed by atoms with Crippen LogP contribution in [0.5, 0.6) is 0 Å². The maximum absolute atomic E-state index is 5.41. The molecule has 0 saturated carbocycles. The third kappa shape index (κ3) is 5.73. The van der Waals surface area contributed by atoms with Crippen molar-refractivity contribution in [2.24, 2.45) is 0 Å². The number of nitrogens with one attached hydrogen (secondary N) is 2. The Labute approximate surface area is 171 Å². The fourth-order valence-electron chi connectivity index (χ4n) is 3.22. The lowest BCUT2D eigenvalue weighted by Crippen LogP contribution is -2.39. The van der Waals surface area contributed by atoms with Crippen molar-refractivity contribution in [1.29, 1.82) is 0 Å². The summed E-state index contributed by atoms with van der Waals surface area (Å²) in [6, 6.07) is 16.1. The van der Waals surface area contributed by atoms with E-state index in [0.717, 1.165) is 62.0 Å². The summed E-state index contributed by atoms with van der Waals surface area (Å²) < 4.78 is 5.41. The van der Waals surface area contributed by atoms with Gasteiger partial charge in [0.15, 0.2) is 0 Å². The van der Waals surface area contributed by atoms with Gasteiger partial charge in [-0.05, 0) is 17.7 Å². The van der Waals surface area contributed by atoms with Gasteiger partial charge in [-0.25, -0.2) is 4.98 Å². The van der Waals surface area contributed by atoms with E-state index < -0.39 is 0 Å². The highest BCUT2D eigenvalue weighted by molar-refractivity contribution is 5.64. The molecule has 1 aromatic carbocycles. The van der Waals surface area contributed by atoms with Gasteiger partial charge in [0.2, 0.25) is 5.95 Å². The zero-order chi connectivity index (χ0) is 19.7. The Morgan fingerprint density at radius 3 is 2.52 bits per heavy atom. The first kappa shape index (κ1) is 19.3. The zero-order valence-corrected chi connectivity index (χ0v) is 16.4. The van der Waals surface area contributed by atoms with Crippen LogP contribution in [0.4, 0.5) is 11.8 Å². The first-order valence-electron chi connectivity index (χ1n) is 9.98. The number of anilines is 2. The van der Waals surface area contributed by atoms with Crippen molar-refractivity contribution in [2.45, 2.75) is 6.54 Å². The van der Waals surface area contributed by atoms with Gasteiger partial charge in [-0.1, -0.05) is 30.3 Å². The van der Waals surface area contributed by atoms with Gasteiger partial charge < -0.3 is 15.4 Å². The van der Waals surface area contributed by atoms with Crippen molar-refractivity contribution in [3.63, 3.8) is 0 Å². The predicted molar refractivity (Wildman–Crippen MR) is 115 cm³/mol. The lowest BCUT2D eigenvalue weighted by atomic mass is 10.1. The maximum atomic E-state index is 5.41. The van der Waals surface area contributed by atoms with E-state index in [1.165, 1.54) is 0 Å². The third-order valence-electron chi connectivity index (χ3n) is 4.83. The minimum atomic E-state index is 0.608. The average Bonchev–Trinajstić information content (AvgIpc) is 2.80. The topological polar surface area (TPSA) is 75.2 Å². The van der Waals surface area contributed by atoms with E-state index in [1.807, 2.05) is 36.4 Å². The van der Waals surface area contributed by atoms with Gasteiger partial charge in [0.1, 0.15) is 5.82 Å². The summed E-state index contributed by atoms with van der Waals surface area (Å²) in [6.45, 7) is 6.04. The second-order valence-electron chi connectivity index (χ2n) is 6.92. The van der Waals surface area contributed by atoms with Crippen molar-refractivity contribution in [1.82, 2.24) is 19.9 Å². The summed E-state index contributed by atoms with van der Waals surface area (Å²) in [5.41, 5.74) is 3.10. The molecule has 1 aliphatic heterocycles. The van der Waals surface area contributed by atoms with Crippen LogP contribution in [0.1, 0.15) is 5.56 Å². The number of hydrogen-bond acceptors (Lipinski definition) is 7. The van der Waals surface area contributed by atoms with Crippen LogP contribution in [-0.4, -0.2) is 59.2 Å². The van der Waals surface area contributed by atoms with Crippen LogP contribution in [0.2, 0.25) is 0 Å². The molecule has 1 saturated heterocycles. The lowest BCUT2D eigenvalue weighted by Gasteiger charge is -2.26. The summed E-state index contributed by atoms with van der Waals surface area (Å²) in [7, 11) is 0. The van der Waals surface area contributed by atoms with E-state index >= 15 is 0 Å². The summed E-state index contributed by atoms with van der Waals surface area (Å²) >= 11 is 0. The van der Waals surface area contributed by atoms with Crippen molar-refractivity contribution in [3.05, 3.63) is 66.5 Å². The second-order valence-corrected chi connectivity index (χ2v) is 6.92. The SMILES string of the molecule is c1ccc(-c2cc(NCCN3CCOCC3)nc(NCc3ccncc3)n2)cc1. The monoisotopic (exact) mass is 390 g/mol. The molecular weight excluding hydrogens is 364 g/mol. The molecule has 0 spiro atoms. The standard InChI is InChI=1S/C22H26N6O/c1-2-4-19(5-3-1)20-16-21(24-10-11-28-12-14-29-15-13-28)27-22(26-20)25-17-18-6-8-23-9-7-18/h1-9,16H,10-15,17H2,(H2,24,25,26,27). The number of rotatable bonds is 8. The summed E-state index contributed by atoms with van der Waals surface area (Å²) in [6.07, 6.45) is 3.58. The minimum absolute atomic E-state index is 0.608. The maximum Gasteiger partial charge on any atom is 0.225 e. The van der Waals surface area contributed by atoms with E-state index in [-0.39, 0.29) is 0 Å². The number of benzene rings is 1. The van der Waals surface area contributed by atoms with Crippen molar-refractivity contribution >= 4 is 11.8 Å². The Bertz CT molecular complexity index is 884. The molecule has 0 radical (unpaired) electrons. The van der Waals surface area contributed by atoms with E-state index in [2.05, 4.69) is 37.6 Å². The lowest BCUT2D eigenvalue weighted by molar-refractivity contribution is 0.0398. The molecular formula is C22H26N6O. The Hall–Kier alpha value is -3.03. The molecule has 0 amide bonds. The summed E-state index contributed by atoms with van der Waals surface area (Å²) in [5, 5.41) is 6.79. The van der Waals surface area contributed by atoms with Gasteiger partial charge in [0.25, 0.3) is 0 Å². The molecule has 3 aromatic rings. The summed E-state index contributed by atoms with van der Waals surface area (Å²) in [4.78, 5) is 15.8. The quantitative estimate of drug-likeness (QED) is 0.612. The molecule has 0 atom stereocenters. The summed E-state index contributed by atoms with van der Waals surface area (Å²) in [5.74, 6) is 1.43. The largest absolute Gasteiger partial charge is 0.379 e. The Morgan fingerprint density at radius 1 is 0.931 bits per heavy atom. The highest BCUT2D eigenvalue weighted by Gasteiger charge is 2.11. The van der Waals surface area contributed by atoms with Crippen molar-refractivity contribution in [2.75, 3.05) is 50.0 Å². The fraction of sp³-hybridized carbons (Fsp3) is 0.318. The van der Waals surface area contributed by atoms with Gasteiger partial charge in [0, 0.05) is 56.7 Å². The molecule has 2 aromatic heterocycles. The number of ether oxygens (including phenoxy) is 1. The number of hydrogen-bond donors (Lipinski definition) is 2. The number of pyridine rings is 1. The molecule has 2 N–H and O–H groups in total. The van der Waals surface area contributed by atoms with Gasteiger partial charge in [-0.2, -0.15) is 4.98 Å². The van der Waals surface area contributed by atoms with Crippen LogP contribution in [0, 0.1) is 0 Å². The van der Waals surface area contributed by atoms with Gasteiger partial charge in [0.05, 0.1) is 18.9 Å². The first-order valence-corrected chi connectivity index (χ1v) is 9.98. The average molecular weight is 390 g/mol. The second kappa shape index (κ2) is 9.95. The van der Waals surface area contributed by atoms with Crippen LogP contribution < -0.4 is 10.6 Å². The molecule has 1 fully saturated rings. The minimum Gasteiger partial charge on any atom is -0.379 e. The highest BCUT2D eigenvalue weighted by Crippen LogP contribution is 2.21. The van der Waals surface area contributed by atoms with Gasteiger partial charge >= 0.3 is 0 Å². The number of aromatic nitrogens is 3. The molecule has 150 valence electrons. The van der Waals surface area contributed by atoms with Crippen LogP contribution in [-0.2, 0) is 11.3 Å². The number of morpholine rings is 1. The van der Waals surface area contributed by atoms with E-state index in [1.54, 1.807) is 12.4 Å². The Morgan fingerprint density at radius 2 is 1.72 bits per heavy atom. The Balaban J connectivity index is 1.46. The smallest absolute Gasteiger partial charge is 0.225 e. The molecule has 29 heavy (non-hydrogen) atoms. The molecule has 3 heterocycles. The van der Waals surface area contributed by atoms with E-state index in [9.17, 15) is 0 Å². The van der Waals surface area contributed by atoms with Gasteiger partial charge in [-0.3, -0.25) is 9.88 Å². The van der Waals surface area contributed by atoms with Crippen molar-refractivity contribution < 1.29 is 4.74 Å². The molecule has 7 nitrogen and oxygen atoms in total. The van der Waals surface area contributed by atoms with Crippen LogP contribution in [0.15, 0.2) is 60.9 Å². The predicted octanol–water partition coefficient (Wildman–Crippen LogP) is 2.89. The van der Waals surface area contributed by atoms with Crippen molar-refractivity contribution in [3.8, 4) is 11.3 Å². The zero-order valence-electron chi connectivity index (χ0n) is 16.4. The van der Waals surface area contributed by atoms with E-state index in [0.29, 0.717) is 12.5 Å². The normalized spacial score (nSPS) is 14.5. The molecule has 4 rings (SSSR count). The fourth-order valence-corrected chi connectivity index (χ4v) is 3.22. The number of nitrogens with zero attached hydrogens (tertiary/aromatic N) is 4. The van der Waals surface area contributed by atoms with Crippen LogP contribution in [0.3, 0.4) is 0 Å². The molecule has 1 aliphatic rings. The van der Waals surface area contributed by atoms with Gasteiger partial charge in [-0.15, -0.1) is 0 Å². The molecule has 0 unspecified atom stereocenters. The van der Waals surface area contributed by atoms with E-state index in [4.69, 9.17) is 9.72 Å². The third-order valence-corrected chi connectivity index (χ3v) is 4.83. The molecule has 0 bridgehead atoms. The molecule has 0 aliphatic carbocycles. The first-order chi connectivity index (χ1) is 14.4. The molecule has 7 heteroatoms.